The normalized spacial score (nSPS) is 13.4. The average molecular weight is 211 g/mol. The highest BCUT2D eigenvalue weighted by atomic mass is 35.5. The lowest BCUT2D eigenvalue weighted by Gasteiger charge is -2.05. The van der Waals surface area contributed by atoms with Crippen molar-refractivity contribution in [3.8, 4) is 0 Å². The summed E-state index contributed by atoms with van der Waals surface area (Å²) in [6, 6.07) is 5.26. The van der Waals surface area contributed by atoms with Crippen LogP contribution < -0.4 is 5.73 Å². The number of hydrogen-bond acceptors (Lipinski definition) is 2. The van der Waals surface area contributed by atoms with E-state index >= 15 is 0 Å². The van der Waals surface area contributed by atoms with Gasteiger partial charge in [0, 0.05) is 11.6 Å². The molecule has 0 radical (unpaired) electrons. The Morgan fingerprint density at radius 1 is 1.50 bits per heavy atom. The smallest absolute Gasteiger partial charge is 0.0647 e. The second-order valence-corrected chi connectivity index (χ2v) is 3.60. The van der Waals surface area contributed by atoms with E-state index in [2.05, 4.69) is 4.98 Å². The van der Waals surface area contributed by atoms with Crippen molar-refractivity contribution >= 4 is 22.5 Å². The predicted octanol–water partition coefficient (Wildman–Crippen LogP) is 1.81. The molecule has 0 unspecified atom stereocenters. The molecule has 0 amide bonds. The molecule has 2 rings (SSSR count). The van der Waals surface area contributed by atoms with Crippen LogP contribution in [0.2, 0.25) is 5.02 Å². The predicted molar refractivity (Wildman–Crippen MR) is 57.3 cm³/mol. The number of nitrogens with two attached hydrogens (primary N) is 1. The second-order valence-electron chi connectivity index (χ2n) is 3.20. The van der Waals surface area contributed by atoms with E-state index in [0.717, 1.165) is 16.5 Å². The van der Waals surface area contributed by atoms with Gasteiger partial charge in [0.05, 0.1) is 23.2 Å². The molecule has 4 heteroatoms. The minimum absolute atomic E-state index is 0.0700. The Kier molecular flexibility index (Phi) is 2.46. The molecule has 0 aliphatic rings. The maximum absolute atomic E-state index is 8.96. The Balaban J connectivity index is 2.63. The fourth-order valence-corrected chi connectivity index (χ4v) is 1.77. The summed E-state index contributed by atoms with van der Waals surface area (Å²) in [6.07, 6.45) is 1.79. The number of aromatic amines is 1. The van der Waals surface area contributed by atoms with Crippen molar-refractivity contribution in [2.24, 2.45) is 5.73 Å². The molecule has 1 aromatic heterocycles. The van der Waals surface area contributed by atoms with Crippen LogP contribution in [0, 0.1) is 0 Å². The first-order valence-corrected chi connectivity index (χ1v) is 4.73. The zero-order valence-electron chi connectivity index (χ0n) is 7.50. The van der Waals surface area contributed by atoms with Crippen LogP contribution in [0.25, 0.3) is 10.9 Å². The first kappa shape index (κ1) is 9.52. The van der Waals surface area contributed by atoms with E-state index in [9.17, 15) is 0 Å². The Morgan fingerprint density at radius 3 is 3.00 bits per heavy atom. The number of H-pyrrole nitrogens is 1. The summed E-state index contributed by atoms with van der Waals surface area (Å²) in [4.78, 5) is 3.05. The quantitative estimate of drug-likeness (QED) is 0.708. The molecule has 1 aromatic carbocycles. The zero-order valence-corrected chi connectivity index (χ0v) is 8.25. The third-order valence-corrected chi connectivity index (χ3v) is 2.61. The summed E-state index contributed by atoms with van der Waals surface area (Å²) < 4.78 is 0. The van der Waals surface area contributed by atoms with Gasteiger partial charge in [0.1, 0.15) is 0 Å². The third-order valence-electron chi connectivity index (χ3n) is 2.29. The summed E-state index contributed by atoms with van der Waals surface area (Å²) in [5, 5.41) is 10.6. The van der Waals surface area contributed by atoms with E-state index in [0.29, 0.717) is 5.02 Å². The van der Waals surface area contributed by atoms with Crippen molar-refractivity contribution in [1.82, 2.24) is 4.98 Å². The molecule has 74 valence electrons. The van der Waals surface area contributed by atoms with Gasteiger partial charge in [0.25, 0.3) is 0 Å². The highest BCUT2D eigenvalue weighted by Gasteiger charge is 2.11. The monoisotopic (exact) mass is 210 g/mol. The van der Waals surface area contributed by atoms with Crippen molar-refractivity contribution in [2.45, 2.75) is 6.04 Å². The van der Waals surface area contributed by atoms with Gasteiger partial charge in [-0.1, -0.05) is 23.7 Å². The lowest BCUT2D eigenvalue weighted by Crippen LogP contribution is -2.13. The van der Waals surface area contributed by atoms with Crippen LogP contribution in [0.1, 0.15) is 11.6 Å². The molecule has 1 heterocycles. The minimum Gasteiger partial charge on any atom is -0.394 e. The Hall–Kier alpha value is -1.03. The molecule has 0 aliphatic carbocycles. The average Bonchev–Trinajstić information content (AvgIpc) is 2.62. The highest BCUT2D eigenvalue weighted by molar-refractivity contribution is 6.35. The molecule has 0 saturated carbocycles. The highest BCUT2D eigenvalue weighted by Crippen LogP contribution is 2.27. The maximum Gasteiger partial charge on any atom is 0.0647 e. The Labute approximate surface area is 86.5 Å². The second kappa shape index (κ2) is 3.61. The van der Waals surface area contributed by atoms with Gasteiger partial charge in [-0.25, -0.2) is 0 Å². The number of hydrogen-bond donors (Lipinski definition) is 3. The van der Waals surface area contributed by atoms with Crippen LogP contribution in [-0.4, -0.2) is 16.7 Å². The fraction of sp³-hybridized carbons (Fsp3) is 0.200. The van der Waals surface area contributed by atoms with Gasteiger partial charge in [0.15, 0.2) is 0 Å². The molecule has 0 aliphatic heterocycles. The first-order chi connectivity index (χ1) is 6.74. The topological polar surface area (TPSA) is 62.0 Å². The van der Waals surface area contributed by atoms with E-state index < -0.39 is 0 Å². The fourth-order valence-electron chi connectivity index (χ4n) is 1.54. The van der Waals surface area contributed by atoms with Gasteiger partial charge in [-0.15, -0.1) is 0 Å². The molecule has 1 atom stereocenters. The van der Waals surface area contributed by atoms with Gasteiger partial charge in [-0.05, 0) is 11.6 Å². The minimum atomic E-state index is -0.359. The largest absolute Gasteiger partial charge is 0.394 e. The molecule has 3 nitrogen and oxygen atoms in total. The standard InChI is InChI=1S/C10H11ClN2O/c11-8-3-1-2-6-7(9(12)5-14)4-13-10(6)8/h1-4,9,13-14H,5,12H2/t9-/m1/s1. The number of nitrogens with one attached hydrogen (secondary N) is 1. The molecule has 14 heavy (non-hydrogen) atoms. The summed E-state index contributed by atoms with van der Waals surface area (Å²) in [5.41, 5.74) is 7.50. The SMILES string of the molecule is N[C@H](CO)c1c[nH]c2c(Cl)cccc12. The number of benzene rings is 1. The molecule has 0 fully saturated rings. The number of aliphatic hydroxyl groups excluding tert-OH is 1. The van der Waals surface area contributed by atoms with E-state index in [4.69, 9.17) is 22.4 Å². The van der Waals surface area contributed by atoms with Crippen LogP contribution in [0.15, 0.2) is 24.4 Å². The molecule has 2 aromatic rings. The van der Waals surface area contributed by atoms with Crippen molar-refractivity contribution in [1.29, 1.82) is 0 Å². The van der Waals surface area contributed by atoms with Gasteiger partial charge >= 0.3 is 0 Å². The number of aromatic nitrogens is 1. The van der Waals surface area contributed by atoms with Crippen LogP contribution in [0.4, 0.5) is 0 Å². The van der Waals surface area contributed by atoms with E-state index in [-0.39, 0.29) is 12.6 Å². The molecule has 0 spiro atoms. The zero-order chi connectivity index (χ0) is 10.1. The lowest BCUT2D eigenvalue weighted by molar-refractivity contribution is 0.268. The number of aliphatic hydroxyl groups is 1. The summed E-state index contributed by atoms with van der Waals surface area (Å²) in [7, 11) is 0. The molecular formula is C10H11ClN2O. The van der Waals surface area contributed by atoms with E-state index in [1.807, 2.05) is 18.2 Å². The lowest BCUT2D eigenvalue weighted by atomic mass is 10.1. The van der Waals surface area contributed by atoms with Crippen molar-refractivity contribution in [3.63, 3.8) is 0 Å². The van der Waals surface area contributed by atoms with Crippen LogP contribution in [0.3, 0.4) is 0 Å². The number of halogens is 1. The van der Waals surface area contributed by atoms with Crippen molar-refractivity contribution < 1.29 is 5.11 Å². The maximum atomic E-state index is 8.96. The van der Waals surface area contributed by atoms with E-state index in [1.54, 1.807) is 6.20 Å². The molecule has 4 N–H and O–H groups in total. The van der Waals surface area contributed by atoms with Crippen LogP contribution >= 0.6 is 11.6 Å². The van der Waals surface area contributed by atoms with Crippen LogP contribution in [-0.2, 0) is 0 Å². The summed E-state index contributed by atoms with van der Waals surface area (Å²) in [6.45, 7) is -0.0700. The molecule has 0 bridgehead atoms. The summed E-state index contributed by atoms with van der Waals surface area (Å²) in [5.74, 6) is 0. The summed E-state index contributed by atoms with van der Waals surface area (Å²) >= 11 is 5.98. The number of rotatable bonds is 2. The van der Waals surface area contributed by atoms with Gasteiger partial charge in [0.2, 0.25) is 0 Å². The number of para-hydroxylation sites is 1. The Morgan fingerprint density at radius 2 is 2.29 bits per heavy atom. The Bertz CT molecular complexity index is 452. The number of fused-ring (bicyclic) bond motifs is 1. The first-order valence-electron chi connectivity index (χ1n) is 4.36. The van der Waals surface area contributed by atoms with Gasteiger partial charge < -0.3 is 15.8 Å². The molecule has 0 saturated heterocycles. The van der Waals surface area contributed by atoms with Gasteiger partial charge in [-0.3, -0.25) is 0 Å². The van der Waals surface area contributed by atoms with Crippen LogP contribution in [0.5, 0.6) is 0 Å². The van der Waals surface area contributed by atoms with E-state index in [1.165, 1.54) is 0 Å². The van der Waals surface area contributed by atoms with Crippen molar-refractivity contribution in [2.75, 3.05) is 6.61 Å². The van der Waals surface area contributed by atoms with Gasteiger partial charge in [-0.2, -0.15) is 0 Å². The third kappa shape index (κ3) is 1.39. The molecular weight excluding hydrogens is 200 g/mol. The van der Waals surface area contributed by atoms with Crippen molar-refractivity contribution in [3.05, 3.63) is 35.0 Å².